The lowest BCUT2D eigenvalue weighted by Crippen LogP contribution is -2.22. The van der Waals surface area contributed by atoms with Gasteiger partial charge in [0.15, 0.2) is 0 Å². The van der Waals surface area contributed by atoms with Gasteiger partial charge >= 0.3 is 0 Å². The summed E-state index contributed by atoms with van der Waals surface area (Å²) in [5.74, 6) is -0.423. The maximum absolute atomic E-state index is 12.3. The number of nitrogens with one attached hydrogen (secondary N) is 3. The molecule has 6 heteroatoms. The maximum atomic E-state index is 12.3. The van der Waals surface area contributed by atoms with Crippen LogP contribution in [0, 0.1) is 0 Å². The van der Waals surface area contributed by atoms with E-state index >= 15 is 0 Å². The van der Waals surface area contributed by atoms with Gasteiger partial charge in [0, 0.05) is 23.7 Å². The Kier molecular flexibility index (Phi) is 5.39. The van der Waals surface area contributed by atoms with Gasteiger partial charge in [0.2, 0.25) is 5.91 Å². The standard InChI is InChI=1S/C20H18ClN3O2/c1-22-20(26)14-9-10-16(21)18(11-14)23-12-19(25)24-17-8-4-6-13-5-2-3-7-15(13)17/h2-11,23H,12H2,1H3,(H,22,26)(H,24,25). The highest BCUT2D eigenvalue weighted by Crippen LogP contribution is 2.24. The predicted octanol–water partition coefficient (Wildman–Crippen LogP) is 3.90. The second-order valence-electron chi connectivity index (χ2n) is 5.70. The molecule has 0 aliphatic rings. The van der Waals surface area contributed by atoms with Gasteiger partial charge in [-0.3, -0.25) is 9.59 Å². The van der Waals surface area contributed by atoms with Crippen LogP contribution in [0.5, 0.6) is 0 Å². The zero-order chi connectivity index (χ0) is 18.5. The van der Waals surface area contributed by atoms with Crippen molar-refractivity contribution in [3.05, 3.63) is 71.2 Å². The molecule has 0 heterocycles. The monoisotopic (exact) mass is 367 g/mol. The summed E-state index contributed by atoms with van der Waals surface area (Å²) in [5.41, 5.74) is 1.75. The van der Waals surface area contributed by atoms with E-state index in [2.05, 4.69) is 16.0 Å². The summed E-state index contributed by atoms with van der Waals surface area (Å²) < 4.78 is 0. The van der Waals surface area contributed by atoms with Crippen LogP contribution in [0.2, 0.25) is 5.02 Å². The first kappa shape index (κ1) is 17.8. The van der Waals surface area contributed by atoms with Gasteiger partial charge in [-0.05, 0) is 29.7 Å². The van der Waals surface area contributed by atoms with Crippen molar-refractivity contribution in [1.82, 2.24) is 5.32 Å². The predicted molar refractivity (Wildman–Crippen MR) is 106 cm³/mol. The van der Waals surface area contributed by atoms with Crippen molar-refractivity contribution >= 4 is 45.6 Å². The molecule has 5 nitrogen and oxygen atoms in total. The zero-order valence-electron chi connectivity index (χ0n) is 14.2. The third-order valence-corrected chi connectivity index (χ3v) is 4.29. The summed E-state index contributed by atoms with van der Waals surface area (Å²) in [4.78, 5) is 24.0. The first-order chi connectivity index (χ1) is 12.6. The van der Waals surface area contributed by atoms with Gasteiger partial charge in [-0.15, -0.1) is 0 Å². The van der Waals surface area contributed by atoms with Crippen molar-refractivity contribution in [2.75, 3.05) is 24.2 Å². The molecule has 26 heavy (non-hydrogen) atoms. The van der Waals surface area contributed by atoms with Crippen LogP contribution >= 0.6 is 11.6 Å². The van der Waals surface area contributed by atoms with Crippen LogP contribution in [0.25, 0.3) is 10.8 Å². The molecule has 0 saturated carbocycles. The summed E-state index contributed by atoms with van der Waals surface area (Å²) in [6, 6.07) is 18.5. The lowest BCUT2D eigenvalue weighted by Gasteiger charge is -2.12. The first-order valence-electron chi connectivity index (χ1n) is 8.11. The Labute approximate surface area is 156 Å². The molecule has 0 aliphatic heterocycles. The fourth-order valence-corrected chi connectivity index (χ4v) is 2.83. The van der Waals surface area contributed by atoms with Crippen molar-refractivity contribution < 1.29 is 9.59 Å². The number of halogens is 1. The van der Waals surface area contributed by atoms with Gasteiger partial charge in [-0.1, -0.05) is 48.0 Å². The highest BCUT2D eigenvalue weighted by Gasteiger charge is 2.10. The number of carbonyl (C=O) groups excluding carboxylic acids is 2. The normalized spacial score (nSPS) is 10.4. The molecule has 0 radical (unpaired) electrons. The van der Waals surface area contributed by atoms with E-state index in [0.29, 0.717) is 16.3 Å². The van der Waals surface area contributed by atoms with Gasteiger partial charge in [-0.25, -0.2) is 0 Å². The van der Waals surface area contributed by atoms with Crippen molar-refractivity contribution in [2.45, 2.75) is 0 Å². The van der Waals surface area contributed by atoms with Crippen LogP contribution in [0.3, 0.4) is 0 Å². The van der Waals surface area contributed by atoms with Gasteiger partial charge in [0.05, 0.1) is 17.3 Å². The van der Waals surface area contributed by atoms with E-state index in [-0.39, 0.29) is 18.4 Å². The SMILES string of the molecule is CNC(=O)c1ccc(Cl)c(NCC(=O)Nc2cccc3ccccc23)c1. The van der Waals surface area contributed by atoms with E-state index in [9.17, 15) is 9.59 Å². The topological polar surface area (TPSA) is 70.2 Å². The molecule has 0 atom stereocenters. The summed E-state index contributed by atoms with van der Waals surface area (Å²) in [7, 11) is 1.56. The number of anilines is 2. The number of hydrogen-bond acceptors (Lipinski definition) is 3. The largest absolute Gasteiger partial charge is 0.375 e. The molecule has 0 unspecified atom stereocenters. The van der Waals surface area contributed by atoms with Crippen LogP contribution in [-0.2, 0) is 4.79 Å². The minimum absolute atomic E-state index is 0.0279. The second-order valence-corrected chi connectivity index (χ2v) is 6.11. The van der Waals surface area contributed by atoms with Crippen LogP contribution in [-0.4, -0.2) is 25.4 Å². The Morgan fingerprint density at radius 3 is 2.54 bits per heavy atom. The highest BCUT2D eigenvalue weighted by atomic mass is 35.5. The maximum Gasteiger partial charge on any atom is 0.251 e. The van der Waals surface area contributed by atoms with E-state index < -0.39 is 0 Å². The number of benzene rings is 3. The average molecular weight is 368 g/mol. The summed E-state index contributed by atoms with van der Waals surface area (Å²) >= 11 is 6.14. The lowest BCUT2D eigenvalue weighted by molar-refractivity contribution is -0.114. The first-order valence-corrected chi connectivity index (χ1v) is 8.49. The Morgan fingerprint density at radius 2 is 1.73 bits per heavy atom. The van der Waals surface area contributed by atoms with Crippen LogP contribution in [0.15, 0.2) is 60.7 Å². The quantitative estimate of drug-likeness (QED) is 0.640. The lowest BCUT2D eigenvalue weighted by atomic mass is 10.1. The van der Waals surface area contributed by atoms with Crippen LogP contribution in [0.4, 0.5) is 11.4 Å². The van der Waals surface area contributed by atoms with Gasteiger partial charge in [0.1, 0.15) is 0 Å². The molecule has 0 spiro atoms. The minimum Gasteiger partial charge on any atom is -0.375 e. The molecule has 0 saturated heterocycles. The van der Waals surface area contributed by atoms with E-state index in [0.717, 1.165) is 16.5 Å². The summed E-state index contributed by atoms with van der Waals surface area (Å²) in [5, 5.41) is 10.9. The van der Waals surface area contributed by atoms with Gasteiger partial charge in [-0.2, -0.15) is 0 Å². The van der Waals surface area contributed by atoms with Crippen molar-refractivity contribution in [1.29, 1.82) is 0 Å². The molecule has 0 aliphatic carbocycles. The van der Waals surface area contributed by atoms with E-state index in [1.54, 1.807) is 25.2 Å². The molecular formula is C20H18ClN3O2. The molecule has 3 aromatic rings. The average Bonchev–Trinajstić information content (AvgIpc) is 2.67. The number of hydrogen-bond donors (Lipinski definition) is 3. The molecule has 0 aromatic heterocycles. The Balaban J connectivity index is 1.70. The summed E-state index contributed by atoms with van der Waals surface area (Å²) in [6.45, 7) is 0.0279. The Bertz CT molecular complexity index is 967. The Hall–Kier alpha value is -3.05. The Morgan fingerprint density at radius 1 is 0.962 bits per heavy atom. The molecule has 2 amide bonds. The second kappa shape index (κ2) is 7.89. The molecule has 132 valence electrons. The van der Waals surface area contributed by atoms with E-state index in [4.69, 9.17) is 11.6 Å². The van der Waals surface area contributed by atoms with Crippen molar-refractivity contribution in [3.63, 3.8) is 0 Å². The smallest absolute Gasteiger partial charge is 0.251 e. The molecule has 3 aromatic carbocycles. The molecule has 0 bridgehead atoms. The van der Waals surface area contributed by atoms with Crippen molar-refractivity contribution in [2.24, 2.45) is 0 Å². The third kappa shape index (κ3) is 3.95. The molecule has 3 N–H and O–H groups in total. The number of fused-ring (bicyclic) bond motifs is 1. The minimum atomic E-state index is -0.218. The molecule has 3 rings (SSSR count). The fraction of sp³-hybridized carbons (Fsp3) is 0.100. The van der Waals surface area contributed by atoms with E-state index in [1.807, 2.05) is 42.5 Å². The van der Waals surface area contributed by atoms with Crippen LogP contribution < -0.4 is 16.0 Å². The van der Waals surface area contributed by atoms with Gasteiger partial charge in [0.25, 0.3) is 5.91 Å². The summed E-state index contributed by atoms with van der Waals surface area (Å²) in [6.07, 6.45) is 0. The van der Waals surface area contributed by atoms with Gasteiger partial charge < -0.3 is 16.0 Å². The number of rotatable bonds is 5. The zero-order valence-corrected chi connectivity index (χ0v) is 14.9. The van der Waals surface area contributed by atoms with Crippen LogP contribution in [0.1, 0.15) is 10.4 Å². The third-order valence-electron chi connectivity index (χ3n) is 3.96. The highest BCUT2D eigenvalue weighted by molar-refractivity contribution is 6.33. The molecule has 0 fully saturated rings. The fourth-order valence-electron chi connectivity index (χ4n) is 2.65. The number of carbonyl (C=O) groups is 2. The molecular weight excluding hydrogens is 350 g/mol. The van der Waals surface area contributed by atoms with E-state index in [1.165, 1.54) is 0 Å². The van der Waals surface area contributed by atoms with Crippen molar-refractivity contribution in [3.8, 4) is 0 Å². The number of amides is 2.